The third-order valence-corrected chi connectivity index (χ3v) is 2.48. The lowest BCUT2D eigenvalue weighted by atomic mass is 10.1. The summed E-state index contributed by atoms with van der Waals surface area (Å²) < 4.78 is 5.02. The molecule has 16 heavy (non-hydrogen) atoms. The highest BCUT2D eigenvalue weighted by Gasteiger charge is 2.13. The van der Waals surface area contributed by atoms with Gasteiger partial charge in [-0.3, -0.25) is 9.59 Å². The summed E-state index contributed by atoms with van der Waals surface area (Å²) in [7, 11) is 0. The van der Waals surface area contributed by atoms with Gasteiger partial charge in [0.25, 0.3) is 0 Å². The molecule has 4 heteroatoms. The van der Waals surface area contributed by atoms with Gasteiger partial charge in [0.05, 0.1) is 6.10 Å². The van der Waals surface area contributed by atoms with E-state index in [-0.39, 0.29) is 12.5 Å². The van der Waals surface area contributed by atoms with Crippen molar-refractivity contribution in [2.45, 2.75) is 45.1 Å². The van der Waals surface area contributed by atoms with Gasteiger partial charge in [0.2, 0.25) is 11.6 Å². The van der Waals surface area contributed by atoms with E-state index < -0.39 is 17.5 Å². The average molecular weight is 224 g/mol. The van der Waals surface area contributed by atoms with Gasteiger partial charge in [0.1, 0.15) is 0 Å². The Bertz CT molecular complexity index is 317. The number of ether oxygens (including phenoxy) is 1. The van der Waals surface area contributed by atoms with E-state index in [1.54, 1.807) is 0 Å². The van der Waals surface area contributed by atoms with Gasteiger partial charge in [-0.15, -0.1) is 0 Å². The summed E-state index contributed by atoms with van der Waals surface area (Å²) in [5, 5.41) is 0. The van der Waals surface area contributed by atoms with E-state index in [1.807, 2.05) is 6.92 Å². The van der Waals surface area contributed by atoms with Gasteiger partial charge in [-0.05, 0) is 32.3 Å². The highest BCUT2D eigenvalue weighted by Crippen LogP contribution is 2.10. The second-order valence-electron chi connectivity index (χ2n) is 3.97. The first-order valence-electron chi connectivity index (χ1n) is 5.55. The van der Waals surface area contributed by atoms with Crippen molar-refractivity contribution in [2.75, 3.05) is 0 Å². The number of hydrogen-bond donors (Lipinski definition) is 0. The lowest BCUT2D eigenvalue weighted by Gasteiger charge is -2.11. The predicted octanol–water partition coefficient (Wildman–Crippen LogP) is 1.58. The molecule has 0 aromatic heterocycles. The second kappa shape index (κ2) is 6.20. The molecule has 0 fully saturated rings. The monoisotopic (exact) mass is 224 g/mol. The van der Waals surface area contributed by atoms with Crippen molar-refractivity contribution in [3.05, 3.63) is 12.2 Å². The third kappa shape index (κ3) is 4.38. The topological polar surface area (TPSA) is 60.4 Å². The molecule has 0 aliphatic carbocycles. The van der Waals surface area contributed by atoms with Crippen LogP contribution in [0.4, 0.5) is 0 Å². The van der Waals surface area contributed by atoms with Crippen molar-refractivity contribution in [1.29, 1.82) is 0 Å². The van der Waals surface area contributed by atoms with Gasteiger partial charge in [0, 0.05) is 12.5 Å². The van der Waals surface area contributed by atoms with Crippen LogP contribution < -0.4 is 0 Å². The molecule has 4 nitrogen and oxygen atoms in total. The molecule has 0 bridgehead atoms. The molecule has 0 radical (unpaired) electrons. The zero-order chi connectivity index (χ0) is 12.0. The third-order valence-electron chi connectivity index (χ3n) is 2.48. The number of carbonyl (C=O) groups is 3. The van der Waals surface area contributed by atoms with E-state index in [9.17, 15) is 14.4 Å². The van der Waals surface area contributed by atoms with Crippen LogP contribution in [0.3, 0.4) is 0 Å². The molecule has 0 aromatic carbocycles. The molecule has 0 aromatic rings. The molecule has 0 amide bonds. The molecule has 1 heterocycles. The fourth-order valence-corrected chi connectivity index (χ4v) is 1.55. The van der Waals surface area contributed by atoms with Crippen LogP contribution in [-0.4, -0.2) is 23.6 Å². The summed E-state index contributed by atoms with van der Waals surface area (Å²) >= 11 is 0. The molecule has 1 rings (SSSR count). The molecule has 0 spiro atoms. The van der Waals surface area contributed by atoms with E-state index in [4.69, 9.17) is 4.74 Å². The minimum absolute atomic E-state index is 0.137. The lowest BCUT2D eigenvalue weighted by Crippen LogP contribution is -2.16. The SMILES string of the molecule is C[C@@H]1CCCCCC(=O)C(=O)/C=C/C(=O)O1. The predicted molar refractivity (Wildman–Crippen MR) is 57.8 cm³/mol. The zero-order valence-electron chi connectivity index (χ0n) is 9.40. The summed E-state index contributed by atoms with van der Waals surface area (Å²) in [4.78, 5) is 33.7. The Morgan fingerprint density at radius 2 is 1.88 bits per heavy atom. The van der Waals surface area contributed by atoms with Crippen LogP contribution in [0.2, 0.25) is 0 Å². The Morgan fingerprint density at radius 3 is 2.62 bits per heavy atom. The quantitative estimate of drug-likeness (QED) is 0.463. The largest absolute Gasteiger partial charge is 0.460 e. The Hall–Kier alpha value is -1.45. The van der Waals surface area contributed by atoms with Gasteiger partial charge in [-0.1, -0.05) is 6.42 Å². The van der Waals surface area contributed by atoms with Gasteiger partial charge < -0.3 is 4.74 Å². The highest BCUT2D eigenvalue weighted by molar-refractivity contribution is 6.41. The molecule has 88 valence electrons. The van der Waals surface area contributed by atoms with Crippen molar-refractivity contribution >= 4 is 17.5 Å². The molecule has 0 unspecified atom stereocenters. The van der Waals surface area contributed by atoms with Crippen molar-refractivity contribution in [3.63, 3.8) is 0 Å². The molecular formula is C12H16O4. The standard InChI is InChI=1S/C12H16O4/c1-9-5-3-2-4-6-10(13)11(14)7-8-12(15)16-9/h7-9H,2-6H2,1H3/b8-7+/t9-/m1/s1. The molecule has 0 N–H and O–H groups in total. The summed E-state index contributed by atoms with van der Waals surface area (Å²) in [5.41, 5.74) is 0. The second-order valence-corrected chi connectivity index (χ2v) is 3.97. The lowest BCUT2D eigenvalue weighted by molar-refractivity contribution is -0.142. The highest BCUT2D eigenvalue weighted by atomic mass is 16.5. The molecule has 0 saturated heterocycles. The smallest absolute Gasteiger partial charge is 0.331 e. The summed E-state index contributed by atoms with van der Waals surface area (Å²) in [6.45, 7) is 1.82. The van der Waals surface area contributed by atoms with E-state index in [2.05, 4.69) is 0 Å². The van der Waals surface area contributed by atoms with Crippen LogP contribution in [0.25, 0.3) is 0 Å². The maximum atomic E-state index is 11.2. The molecule has 0 saturated carbocycles. The van der Waals surface area contributed by atoms with Crippen LogP contribution in [0, 0.1) is 0 Å². The number of rotatable bonds is 0. The van der Waals surface area contributed by atoms with E-state index in [0.717, 1.165) is 37.8 Å². The molecule has 1 atom stereocenters. The van der Waals surface area contributed by atoms with Crippen LogP contribution in [0.15, 0.2) is 12.2 Å². The number of Topliss-reactive ketones (excluding diaryl/α,β-unsaturated/α-hetero) is 1. The number of esters is 1. The van der Waals surface area contributed by atoms with Crippen LogP contribution in [-0.2, 0) is 19.1 Å². The first-order chi connectivity index (χ1) is 7.59. The van der Waals surface area contributed by atoms with Gasteiger partial charge in [-0.2, -0.15) is 0 Å². The number of hydrogen-bond acceptors (Lipinski definition) is 4. The summed E-state index contributed by atoms with van der Waals surface area (Å²) in [6.07, 6.45) is 5.46. The number of cyclic esters (lactones) is 1. The van der Waals surface area contributed by atoms with Crippen molar-refractivity contribution in [1.82, 2.24) is 0 Å². The Kier molecular flexibility index (Phi) is 4.89. The van der Waals surface area contributed by atoms with Crippen LogP contribution in [0.1, 0.15) is 39.0 Å². The molecule has 1 aliphatic heterocycles. The normalized spacial score (nSPS) is 26.6. The summed E-state index contributed by atoms with van der Waals surface area (Å²) in [5.74, 6) is -1.61. The van der Waals surface area contributed by atoms with Crippen molar-refractivity contribution < 1.29 is 19.1 Å². The molecular weight excluding hydrogens is 208 g/mol. The zero-order valence-corrected chi connectivity index (χ0v) is 9.40. The van der Waals surface area contributed by atoms with Gasteiger partial charge in [-0.25, -0.2) is 4.79 Å². The minimum atomic E-state index is -0.620. The van der Waals surface area contributed by atoms with E-state index in [0.29, 0.717) is 0 Å². The fourth-order valence-electron chi connectivity index (χ4n) is 1.55. The van der Waals surface area contributed by atoms with Crippen LogP contribution in [0.5, 0.6) is 0 Å². The maximum absolute atomic E-state index is 11.2. The van der Waals surface area contributed by atoms with Gasteiger partial charge >= 0.3 is 5.97 Å². The average Bonchev–Trinajstić information content (AvgIpc) is 2.23. The Labute approximate surface area is 94.7 Å². The van der Waals surface area contributed by atoms with Gasteiger partial charge in [0.15, 0.2) is 0 Å². The Balaban J connectivity index is 2.65. The van der Waals surface area contributed by atoms with Crippen LogP contribution >= 0.6 is 0 Å². The first kappa shape index (κ1) is 12.6. The molecule has 1 aliphatic rings. The number of ketones is 2. The Morgan fingerprint density at radius 1 is 1.12 bits per heavy atom. The fraction of sp³-hybridized carbons (Fsp3) is 0.583. The van der Waals surface area contributed by atoms with E-state index >= 15 is 0 Å². The van der Waals surface area contributed by atoms with Crippen molar-refractivity contribution in [2.24, 2.45) is 0 Å². The summed E-state index contributed by atoms with van der Waals surface area (Å²) in [6, 6.07) is 0. The van der Waals surface area contributed by atoms with Crippen molar-refractivity contribution in [3.8, 4) is 0 Å². The maximum Gasteiger partial charge on any atom is 0.331 e. The number of allylic oxidation sites excluding steroid dienone is 1. The first-order valence-corrected chi connectivity index (χ1v) is 5.55. The van der Waals surface area contributed by atoms with E-state index in [1.165, 1.54) is 0 Å². The minimum Gasteiger partial charge on any atom is -0.460 e. The number of carbonyl (C=O) groups excluding carboxylic acids is 3.